The van der Waals surface area contributed by atoms with Crippen molar-refractivity contribution in [3.63, 3.8) is 0 Å². The van der Waals surface area contributed by atoms with E-state index in [0.717, 1.165) is 17.1 Å². The van der Waals surface area contributed by atoms with Crippen molar-refractivity contribution in [3.05, 3.63) is 54.1 Å². The molecular weight excluding hydrogens is 344 g/mol. The van der Waals surface area contributed by atoms with Gasteiger partial charge in [0, 0.05) is 6.54 Å². The summed E-state index contributed by atoms with van der Waals surface area (Å²) in [5.41, 5.74) is 1.11. The lowest BCUT2D eigenvalue weighted by atomic mass is 10.1. The van der Waals surface area contributed by atoms with Crippen LogP contribution in [-0.2, 0) is 4.79 Å². The molecule has 0 aliphatic heterocycles. The van der Waals surface area contributed by atoms with E-state index in [0.29, 0.717) is 18.9 Å². The van der Waals surface area contributed by atoms with E-state index >= 15 is 0 Å². The molecule has 0 saturated carbocycles. The van der Waals surface area contributed by atoms with Crippen molar-refractivity contribution < 1.29 is 19.0 Å². The minimum atomic E-state index is -0.163. The first-order valence-electron chi connectivity index (χ1n) is 8.96. The van der Waals surface area contributed by atoms with E-state index in [1.54, 1.807) is 19.2 Å². The third kappa shape index (κ3) is 6.49. The predicted octanol–water partition coefficient (Wildman–Crippen LogP) is 2.89. The Morgan fingerprint density at radius 1 is 0.963 bits per heavy atom. The van der Waals surface area contributed by atoms with Crippen LogP contribution in [0.5, 0.6) is 17.2 Å². The molecule has 0 fully saturated rings. The van der Waals surface area contributed by atoms with Gasteiger partial charge in [0.1, 0.15) is 17.2 Å². The fourth-order valence-electron chi connectivity index (χ4n) is 2.63. The Labute approximate surface area is 161 Å². The zero-order valence-corrected chi connectivity index (χ0v) is 16.4. The van der Waals surface area contributed by atoms with Gasteiger partial charge in [-0.25, -0.2) is 0 Å². The standard InChI is InChI=1S/C21H28N2O4/c1-5-26-18-10-12-19(13-11-18)27-15-21(24)22-14-20(23(2)3)16-6-8-17(25-4)9-7-16/h6-13,20H,5,14-15H2,1-4H3,(H,22,24). The van der Waals surface area contributed by atoms with Crippen molar-refractivity contribution in [3.8, 4) is 17.2 Å². The monoisotopic (exact) mass is 372 g/mol. The first-order chi connectivity index (χ1) is 13.0. The molecule has 27 heavy (non-hydrogen) atoms. The van der Waals surface area contributed by atoms with Crippen molar-refractivity contribution in [2.45, 2.75) is 13.0 Å². The molecule has 0 heterocycles. The lowest BCUT2D eigenvalue weighted by molar-refractivity contribution is -0.123. The molecule has 146 valence electrons. The number of benzene rings is 2. The Balaban J connectivity index is 1.84. The van der Waals surface area contributed by atoms with Crippen LogP contribution < -0.4 is 19.5 Å². The van der Waals surface area contributed by atoms with Crippen molar-refractivity contribution >= 4 is 5.91 Å². The van der Waals surface area contributed by atoms with Gasteiger partial charge < -0.3 is 24.4 Å². The van der Waals surface area contributed by atoms with Gasteiger partial charge >= 0.3 is 0 Å². The Kier molecular flexibility index (Phi) is 7.95. The molecule has 1 amide bonds. The highest BCUT2D eigenvalue weighted by Crippen LogP contribution is 2.21. The molecule has 2 aromatic carbocycles. The second-order valence-electron chi connectivity index (χ2n) is 6.25. The molecular formula is C21H28N2O4. The number of methoxy groups -OCH3 is 1. The number of carbonyl (C=O) groups is 1. The summed E-state index contributed by atoms with van der Waals surface area (Å²) in [6, 6.07) is 15.1. The average molecular weight is 372 g/mol. The molecule has 0 bridgehead atoms. The molecule has 1 atom stereocenters. The van der Waals surface area contributed by atoms with Crippen LogP contribution in [0.15, 0.2) is 48.5 Å². The van der Waals surface area contributed by atoms with Gasteiger partial charge in [-0.3, -0.25) is 4.79 Å². The minimum Gasteiger partial charge on any atom is -0.497 e. The summed E-state index contributed by atoms with van der Waals surface area (Å²) in [6.45, 7) is 3.01. The van der Waals surface area contributed by atoms with Gasteiger partial charge in [0.2, 0.25) is 0 Å². The van der Waals surface area contributed by atoms with Gasteiger partial charge in [0.05, 0.1) is 19.8 Å². The van der Waals surface area contributed by atoms with Crippen LogP contribution in [0.3, 0.4) is 0 Å². The highest BCUT2D eigenvalue weighted by molar-refractivity contribution is 5.77. The summed E-state index contributed by atoms with van der Waals surface area (Å²) >= 11 is 0. The lowest BCUT2D eigenvalue weighted by Gasteiger charge is -2.25. The van der Waals surface area contributed by atoms with Crippen LogP contribution in [0.25, 0.3) is 0 Å². The Bertz CT molecular complexity index is 699. The largest absolute Gasteiger partial charge is 0.497 e. The molecule has 0 spiro atoms. The first-order valence-corrected chi connectivity index (χ1v) is 8.96. The van der Waals surface area contributed by atoms with E-state index in [-0.39, 0.29) is 18.6 Å². The summed E-state index contributed by atoms with van der Waals surface area (Å²) in [7, 11) is 5.61. The number of ether oxygens (including phenoxy) is 3. The molecule has 0 aliphatic carbocycles. The van der Waals surface area contributed by atoms with E-state index in [9.17, 15) is 4.79 Å². The molecule has 2 rings (SSSR count). The molecule has 0 radical (unpaired) electrons. The lowest BCUT2D eigenvalue weighted by Crippen LogP contribution is -2.36. The second kappa shape index (κ2) is 10.4. The number of nitrogens with zero attached hydrogens (tertiary/aromatic N) is 1. The van der Waals surface area contributed by atoms with E-state index in [1.807, 2.05) is 57.4 Å². The number of rotatable bonds is 10. The number of amides is 1. The molecule has 1 N–H and O–H groups in total. The number of likely N-dealkylation sites (N-methyl/N-ethyl adjacent to an activating group) is 1. The summed E-state index contributed by atoms with van der Waals surface area (Å²) in [4.78, 5) is 14.2. The van der Waals surface area contributed by atoms with Crippen molar-refractivity contribution in [1.29, 1.82) is 0 Å². The minimum absolute atomic E-state index is 0.0310. The Hall–Kier alpha value is -2.73. The van der Waals surface area contributed by atoms with Gasteiger partial charge in [-0.1, -0.05) is 12.1 Å². The van der Waals surface area contributed by atoms with Gasteiger partial charge in [0.25, 0.3) is 5.91 Å². The number of hydrogen-bond acceptors (Lipinski definition) is 5. The van der Waals surface area contributed by atoms with E-state index in [4.69, 9.17) is 14.2 Å². The van der Waals surface area contributed by atoms with E-state index in [2.05, 4.69) is 10.2 Å². The highest BCUT2D eigenvalue weighted by Gasteiger charge is 2.15. The summed E-state index contributed by atoms with van der Waals surface area (Å²) in [5, 5.41) is 2.93. The van der Waals surface area contributed by atoms with Crippen LogP contribution in [0, 0.1) is 0 Å². The summed E-state index contributed by atoms with van der Waals surface area (Å²) < 4.78 is 16.1. The second-order valence-corrected chi connectivity index (χ2v) is 6.25. The smallest absolute Gasteiger partial charge is 0.258 e. The maximum Gasteiger partial charge on any atom is 0.258 e. The fraction of sp³-hybridized carbons (Fsp3) is 0.381. The van der Waals surface area contributed by atoms with Gasteiger partial charge in [-0.05, 0) is 63.0 Å². The third-order valence-corrected chi connectivity index (χ3v) is 4.12. The summed E-state index contributed by atoms with van der Waals surface area (Å²) in [6.07, 6.45) is 0. The zero-order chi connectivity index (χ0) is 19.6. The molecule has 0 aromatic heterocycles. The number of hydrogen-bond donors (Lipinski definition) is 1. The maximum absolute atomic E-state index is 12.1. The SMILES string of the molecule is CCOc1ccc(OCC(=O)NCC(c2ccc(OC)cc2)N(C)C)cc1. The molecule has 0 aliphatic rings. The first kappa shape index (κ1) is 20.6. The van der Waals surface area contributed by atoms with E-state index < -0.39 is 0 Å². The fourth-order valence-corrected chi connectivity index (χ4v) is 2.63. The van der Waals surface area contributed by atoms with Crippen LogP contribution in [0.4, 0.5) is 0 Å². The summed E-state index contributed by atoms with van der Waals surface area (Å²) in [5.74, 6) is 2.06. The zero-order valence-electron chi connectivity index (χ0n) is 16.4. The average Bonchev–Trinajstić information content (AvgIpc) is 2.68. The number of nitrogens with one attached hydrogen (secondary N) is 1. The molecule has 0 saturated heterocycles. The topological polar surface area (TPSA) is 60.0 Å². The maximum atomic E-state index is 12.1. The van der Waals surface area contributed by atoms with Crippen molar-refractivity contribution in [1.82, 2.24) is 10.2 Å². The highest BCUT2D eigenvalue weighted by atomic mass is 16.5. The molecule has 2 aromatic rings. The van der Waals surface area contributed by atoms with Gasteiger partial charge in [0.15, 0.2) is 6.61 Å². The third-order valence-electron chi connectivity index (χ3n) is 4.12. The van der Waals surface area contributed by atoms with Crippen molar-refractivity contribution in [2.75, 3.05) is 41.0 Å². The van der Waals surface area contributed by atoms with Gasteiger partial charge in [-0.15, -0.1) is 0 Å². The Morgan fingerprint density at radius 2 is 1.52 bits per heavy atom. The van der Waals surface area contributed by atoms with Crippen LogP contribution in [-0.4, -0.2) is 51.8 Å². The molecule has 6 nitrogen and oxygen atoms in total. The quantitative estimate of drug-likeness (QED) is 0.695. The molecule has 6 heteroatoms. The van der Waals surface area contributed by atoms with Crippen LogP contribution in [0.2, 0.25) is 0 Å². The van der Waals surface area contributed by atoms with Crippen LogP contribution >= 0.6 is 0 Å². The van der Waals surface area contributed by atoms with Gasteiger partial charge in [-0.2, -0.15) is 0 Å². The van der Waals surface area contributed by atoms with E-state index in [1.165, 1.54) is 0 Å². The number of carbonyl (C=O) groups excluding carboxylic acids is 1. The van der Waals surface area contributed by atoms with Crippen LogP contribution in [0.1, 0.15) is 18.5 Å². The Morgan fingerprint density at radius 3 is 2.04 bits per heavy atom. The predicted molar refractivity (Wildman–Crippen MR) is 106 cm³/mol. The normalized spacial score (nSPS) is 11.7. The molecule has 1 unspecified atom stereocenters. The van der Waals surface area contributed by atoms with Crippen molar-refractivity contribution in [2.24, 2.45) is 0 Å².